The predicted molar refractivity (Wildman–Crippen MR) is 72.1 cm³/mol. The molecule has 17 heavy (non-hydrogen) atoms. The lowest BCUT2D eigenvalue weighted by molar-refractivity contribution is 0.257. The van der Waals surface area contributed by atoms with Crippen LogP contribution in [0, 0.1) is 0 Å². The standard InChI is InChI=1S/C12H26N2O2S/c1-4-17(15,16)9-8-14-7-5-6-12(14)10-13-11(2)3/h11-13H,4-10H2,1-3H3. The average Bonchev–Trinajstić information content (AvgIpc) is 2.71. The van der Waals surface area contributed by atoms with Gasteiger partial charge in [0.05, 0.1) is 5.75 Å². The van der Waals surface area contributed by atoms with Crippen molar-refractivity contribution in [1.82, 2.24) is 10.2 Å². The van der Waals surface area contributed by atoms with Gasteiger partial charge in [-0.15, -0.1) is 0 Å². The molecule has 0 aromatic rings. The molecule has 0 bridgehead atoms. The van der Waals surface area contributed by atoms with Crippen molar-refractivity contribution in [3.63, 3.8) is 0 Å². The van der Waals surface area contributed by atoms with Crippen molar-refractivity contribution < 1.29 is 8.42 Å². The summed E-state index contributed by atoms with van der Waals surface area (Å²) in [5, 5.41) is 3.44. The normalized spacial score (nSPS) is 22.5. The highest BCUT2D eigenvalue weighted by molar-refractivity contribution is 7.91. The lowest BCUT2D eigenvalue weighted by Crippen LogP contribution is -2.42. The fourth-order valence-electron chi connectivity index (χ4n) is 2.19. The summed E-state index contributed by atoms with van der Waals surface area (Å²) in [4.78, 5) is 2.32. The lowest BCUT2D eigenvalue weighted by Gasteiger charge is -2.25. The smallest absolute Gasteiger partial charge is 0.151 e. The first-order chi connectivity index (χ1) is 7.94. The van der Waals surface area contributed by atoms with Gasteiger partial charge in [-0.1, -0.05) is 20.8 Å². The van der Waals surface area contributed by atoms with Crippen molar-refractivity contribution in [2.24, 2.45) is 0 Å². The summed E-state index contributed by atoms with van der Waals surface area (Å²) in [5.74, 6) is 0.567. The SMILES string of the molecule is CCS(=O)(=O)CCN1CCCC1CNC(C)C. The minimum atomic E-state index is -2.82. The van der Waals surface area contributed by atoms with E-state index in [9.17, 15) is 8.42 Å². The topological polar surface area (TPSA) is 49.4 Å². The molecule has 1 unspecified atom stereocenters. The highest BCUT2D eigenvalue weighted by Crippen LogP contribution is 2.16. The van der Waals surface area contributed by atoms with Crippen molar-refractivity contribution in [2.75, 3.05) is 31.1 Å². The molecule has 5 heteroatoms. The van der Waals surface area contributed by atoms with Crippen LogP contribution in [0.15, 0.2) is 0 Å². The van der Waals surface area contributed by atoms with Gasteiger partial charge < -0.3 is 5.32 Å². The fourth-order valence-corrected chi connectivity index (χ4v) is 2.99. The Kier molecular flexibility index (Phi) is 5.89. The number of nitrogens with zero attached hydrogens (tertiary/aromatic N) is 1. The van der Waals surface area contributed by atoms with E-state index in [0.29, 0.717) is 24.4 Å². The summed E-state index contributed by atoms with van der Waals surface area (Å²) >= 11 is 0. The van der Waals surface area contributed by atoms with Crippen LogP contribution in [0.4, 0.5) is 0 Å². The van der Waals surface area contributed by atoms with Crippen LogP contribution in [0.2, 0.25) is 0 Å². The van der Waals surface area contributed by atoms with E-state index in [-0.39, 0.29) is 5.75 Å². The van der Waals surface area contributed by atoms with E-state index < -0.39 is 9.84 Å². The third kappa shape index (κ3) is 5.36. The molecule has 4 nitrogen and oxygen atoms in total. The van der Waals surface area contributed by atoms with Gasteiger partial charge in [0, 0.05) is 30.9 Å². The van der Waals surface area contributed by atoms with E-state index in [4.69, 9.17) is 0 Å². The molecule has 0 spiro atoms. The van der Waals surface area contributed by atoms with E-state index in [1.165, 1.54) is 12.8 Å². The zero-order chi connectivity index (χ0) is 12.9. The molecule has 1 saturated heterocycles. The van der Waals surface area contributed by atoms with Crippen LogP contribution < -0.4 is 5.32 Å². The molecule has 0 aliphatic carbocycles. The number of rotatable bonds is 7. The van der Waals surface area contributed by atoms with E-state index in [0.717, 1.165) is 13.1 Å². The second kappa shape index (κ2) is 6.71. The third-order valence-electron chi connectivity index (χ3n) is 3.39. The van der Waals surface area contributed by atoms with Gasteiger partial charge in [0.15, 0.2) is 9.84 Å². The zero-order valence-corrected chi connectivity index (χ0v) is 12.1. The van der Waals surface area contributed by atoms with E-state index in [1.807, 2.05) is 0 Å². The van der Waals surface area contributed by atoms with Gasteiger partial charge >= 0.3 is 0 Å². The molecule has 1 atom stereocenters. The summed E-state index contributed by atoms with van der Waals surface area (Å²) in [7, 11) is -2.82. The van der Waals surface area contributed by atoms with Crippen LogP contribution in [0.5, 0.6) is 0 Å². The van der Waals surface area contributed by atoms with Gasteiger partial charge in [0.1, 0.15) is 0 Å². The molecule has 1 fully saturated rings. The number of hydrogen-bond donors (Lipinski definition) is 1. The highest BCUT2D eigenvalue weighted by Gasteiger charge is 2.25. The molecule has 1 rings (SSSR count). The molecular weight excluding hydrogens is 236 g/mol. The number of hydrogen-bond acceptors (Lipinski definition) is 4. The molecule has 1 heterocycles. The maximum absolute atomic E-state index is 11.5. The van der Waals surface area contributed by atoms with Gasteiger partial charge in [-0.3, -0.25) is 4.90 Å². The molecular formula is C12H26N2O2S. The van der Waals surface area contributed by atoms with Crippen LogP contribution in [0.3, 0.4) is 0 Å². The van der Waals surface area contributed by atoms with Crippen LogP contribution in [0.25, 0.3) is 0 Å². The molecule has 0 radical (unpaired) electrons. The minimum Gasteiger partial charge on any atom is -0.313 e. The Morgan fingerprint density at radius 1 is 1.41 bits per heavy atom. The molecule has 1 aliphatic rings. The average molecular weight is 262 g/mol. The second-order valence-electron chi connectivity index (χ2n) is 5.13. The van der Waals surface area contributed by atoms with Gasteiger partial charge in [-0.05, 0) is 19.4 Å². The van der Waals surface area contributed by atoms with Crippen LogP contribution in [0.1, 0.15) is 33.6 Å². The van der Waals surface area contributed by atoms with Gasteiger partial charge in [0.25, 0.3) is 0 Å². The fraction of sp³-hybridized carbons (Fsp3) is 1.00. The zero-order valence-electron chi connectivity index (χ0n) is 11.3. The Morgan fingerprint density at radius 3 is 2.71 bits per heavy atom. The van der Waals surface area contributed by atoms with Crippen LogP contribution in [-0.2, 0) is 9.84 Å². The summed E-state index contributed by atoms with van der Waals surface area (Å²) in [6.07, 6.45) is 2.38. The molecule has 1 N–H and O–H groups in total. The van der Waals surface area contributed by atoms with Gasteiger partial charge in [-0.25, -0.2) is 8.42 Å². The lowest BCUT2D eigenvalue weighted by atomic mass is 10.2. The van der Waals surface area contributed by atoms with Crippen LogP contribution in [-0.4, -0.2) is 56.5 Å². The quantitative estimate of drug-likeness (QED) is 0.740. The van der Waals surface area contributed by atoms with E-state index in [2.05, 4.69) is 24.1 Å². The molecule has 102 valence electrons. The molecule has 0 aromatic carbocycles. The van der Waals surface area contributed by atoms with Crippen LogP contribution >= 0.6 is 0 Å². The minimum absolute atomic E-state index is 0.260. The summed E-state index contributed by atoms with van der Waals surface area (Å²) in [6.45, 7) is 8.72. The highest BCUT2D eigenvalue weighted by atomic mass is 32.2. The van der Waals surface area contributed by atoms with E-state index >= 15 is 0 Å². The predicted octanol–water partition coefficient (Wildman–Crippen LogP) is 0.884. The Balaban J connectivity index is 2.36. The Labute approximate surface area is 106 Å². The van der Waals surface area contributed by atoms with Crippen molar-refractivity contribution >= 4 is 9.84 Å². The molecule has 0 saturated carbocycles. The van der Waals surface area contributed by atoms with Crippen molar-refractivity contribution in [3.8, 4) is 0 Å². The molecule has 0 amide bonds. The number of likely N-dealkylation sites (tertiary alicyclic amines) is 1. The number of sulfone groups is 1. The van der Waals surface area contributed by atoms with E-state index in [1.54, 1.807) is 6.92 Å². The van der Waals surface area contributed by atoms with Gasteiger partial charge in [0.2, 0.25) is 0 Å². The summed E-state index contributed by atoms with van der Waals surface area (Å²) < 4.78 is 23.0. The van der Waals surface area contributed by atoms with Crippen molar-refractivity contribution in [1.29, 1.82) is 0 Å². The maximum atomic E-state index is 11.5. The second-order valence-corrected chi connectivity index (χ2v) is 7.60. The van der Waals surface area contributed by atoms with Crippen molar-refractivity contribution in [3.05, 3.63) is 0 Å². The van der Waals surface area contributed by atoms with Crippen molar-refractivity contribution in [2.45, 2.75) is 45.7 Å². The Bertz CT molecular complexity index is 314. The third-order valence-corrected chi connectivity index (χ3v) is 5.07. The van der Waals surface area contributed by atoms with Gasteiger partial charge in [-0.2, -0.15) is 0 Å². The Morgan fingerprint density at radius 2 is 2.12 bits per heavy atom. The first kappa shape index (κ1) is 14.9. The largest absolute Gasteiger partial charge is 0.313 e. The molecule has 1 aliphatic heterocycles. The molecule has 0 aromatic heterocycles. The number of nitrogens with one attached hydrogen (secondary N) is 1. The first-order valence-electron chi connectivity index (χ1n) is 6.62. The maximum Gasteiger partial charge on any atom is 0.151 e. The first-order valence-corrected chi connectivity index (χ1v) is 8.44. The monoisotopic (exact) mass is 262 g/mol. The Hall–Kier alpha value is -0.130. The summed E-state index contributed by atoms with van der Waals surface area (Å²) in [6, 6.07) is 1.02. The summed E-state index contributed by atoms with van der Waals surface area (Å²) in [5.41, 5.74) is 0.